The van der Waals surface area contributed by atoms with Gasteiger partial charge in [-0.1, -0.05) is 42.5 Å². The summed E-state index contributed by atoms with van der Waals surface area (Å²) in [5.41, 5.74) is 9.84. The average Bonchev–Trinajstić information content (AvgIpc) is 2.94. The number of aryl methyl sites for hydroxylation is 1. The van der Waals surface area contributed by atoms with Crippen LogP contribution in [0.1, 0.15) is 22.5 Å². The first-order chi connectivity index (χ1) is 11.2. The van der Waals surface area contributed by atoms with Crippen LogP contribution >= 0.6 is 0 Å². The number of benzene rings is 2. The highest BCUT2D eigenvalue weighted by atomic mass is 16.5. The van der Waals surface area contributed by atoms with E-state index < -0.39 is 0 Å². The number of nitrogens with zero attached hydrogens (tertiary/aromatic N) is 1. The maximum atomic E-state index is 5.62. The molecule has 0 unspecified atom stereocenters. The van der Waals surface area contributed by atoms with Gasteiger partial charge in [-0.25, -0.2) is 0 Å². The van der Waals surface area contributed by atoms with Crippen molar-refractivity contribution in [2.24, 2.45) is 0 Å². The molecule has 0 saturated carbocycles. The van der Waals surface area contributed by atoms with Crippen LogP contribution in [0.25, 0.3) is 22.3 Å². The van der Waals surface area contributed by atoms with E-state index in [9.17, 15) is 0 Å². The second-order valence-corrected chi connectivity index (χ2v) is 6.05. The van der Waals surface area contributed by atoms with Gasteiger partial charge in [-0.15, -0.1) is 0 Å². The van der Waals surface area contributed by atoms with E-state index in [1.54, 1.807) is 7.11 Å². The summed E-state index contributed by atoms with van der Waals surface area (Å²) in [6.45, 7) is 4.25. The van der Waals surface area contributed by atoms with Gasteiger partial charge >= 0.3 is 0 Å². The van der Waals surface area contributed by atoms with E-state index in [1.165, 1.54) is 33.5 Å². The Balaban J connectivity index is 2.09. The Kier molecular flexibility index (Phi) is 3.19. The molecule has 2 nitrogen and oxygen atoms in total. The molecule has 0 spiro atoms. The number of hydrogen-bond acceptors (Lipinski definition) is 2. The molecule has 0 amide bonds. The molecule has 3 aromatic rings. The van der Waals surface area contributed by atoms with Gasteiger partial charge < -0.3 is 4.74 Å². The third kappa shape index (κ3) is 2.06. The largest absolute Gasteiger partial charge is 0.496 e. The molecule has 1 aliphatic carbocycles. The molecular formula is C21H19NO. The van der Waals surface area contributed by atoms with Crippen molar-refractivity contribution in [3.8, 4) is 28.0 Å². The van der Waals surface area contributed by atoms with Gasteiger partial charge in [-0.3, -0.25) is 4.98 Å². The number of aromatic nitrogens is 1. The molecule has 1 aliphatic rings. The number of fused-ring (bicyclic) bond motifs is 3. The Labute approximate surface area is 136 Å². The highest BCUT2D eigenvalue weighted by molar-refractivity contribution is 5.93. The topological polar surface area (TPSA) is 22.1 Å². The molecule has 0 aliphatic heterocycles. The predicted octanol–water partition coefficient (Wildman–Crippen LogP) is 4.95. The lowest BCUT2D eigenvalue weighted by Crippen LogP contribution is -1.99. The molecule has 0 N–H and O–H groups in total. The first-order valence-corrected chi connectivity index (χ1v) is 7.92. The number of ether oxygens (including phenoxy) is 1. The van der Waals surface area contributed by atoms with Crippen molar-refractivity contribution in [2.45, 2.75) is 20.3 Å². The minimum atomic E-state index is 0.910. The van der Waals surface area contributed by atoms with Crippen LogP contribution in [-0.4, -0.2) is 12.1 Å². The molecule has 0 fully saturated rings. The van der Waals surface area contributed by atoms with Crippen LogP contribution in [-0.2, 0) is 6.42 Å². The van der Waals surface area contributed by atoms with Crippen molar-refractivity contribution >= 4 is 0 Å². The summed E-state index contributed by atoms with van der Waals surface area (Å²) in [4.78, 5) is 4.87. The van der Waals surface area contributed by atoms with Crippen molar-refractivity contribution < 1.29 is 4.74 Å². The van der Waals surface area contributed by atoms with Crippen molar-refractivity contribution in [3.05, 3.63) is 71.0 Å². The van der Waals surface area contributed by atoms with Gasteiger partial charge in [-0.05, 0) is 42.2 Å². The third-order valence-electron chi connectivity index (χ3n) is 4.78. The van der Waals surface area contributed by atoms with Crippen molar-refractivity contribution in [3.63, 3.8) is 0 Å². The zero-order chi connectivity index (χ0) is 16.0. The van der Waals surface area contributed by atoms with Gasteiger partial charge in [-0.2, -0.15) is 0 Å². The normalized spacial score (nSPS) is 12.0. The number of hydrogen-bond donors (Lipinski definition) is 0. The van der Waals surface area contributed by atoms with E-state index in [1.807, 2.05) is 12.1 Å². The monoisotopic (exact) mass is 301 g/mol. The summed E-state index contributed by atoms with van der Waals surface area (Å²) in [7, 11) is 1.73. The fourth-order valence-electron chi connectivity index (χ4n) is 3.56. The van der Waals surface area contributed by atoms with Crippen LogP contribution in [0.5, 0.6) is 5.75 Å². The summed E-state index contributed by atoms with van der Waals surface area (Å²) in [6, 6.07) is 16.9. The summed E-state index contributed by atoms with van der Waals surface area (Å²) in [5, 5.41) is 0. The number of para-hydroxylation sites is 1. The molecule has 114 valence electrons. The van der Waals surface area contributed by atoms with Crippen LogP contribution in [0.2, 0.25) is 0 Å². The zero-order valence-electron chi connectivity index (χ0n) is 13.7. The van der Waals surface area contributed by atoms with Crippen molar-refractivity contribution in [1.29, 1.82) is 0 Å². The van der Waals surface area contributed by atoms with E-state index in [4.69, 9.17) is 9.72 Å². The van der Waals surface area contributed by atoms with E-state index in [0.29, 0.717) is 0 Å². The van der Waals surface area contributed by atoms with Gasteiger partial charge in [0.15, 0.2) is 0 Å². The molecule has 0 saturated heterocycles. The Hall–Kier alpha value is -2.61. The highest BCUT2D eigenvalue weighted by Gasteiger charge is 2.26. The Morgan fingerprint density at radius 1 is 0.870 bits per heavy atom. The lowest BCUT2D eigenvalue weighted by atomic mass is 9.91. The lowest BCUT2D eigenvalue weighted by molar-refractivity contribution is 0.416. The summed E-state index contributed by atoms with van der Waals surface area (Å²) < 4.78 is 5.62. The Bertz CT molecular complexity index is 912. The van der Waals surface area contributed by atoms with E-state index in [0.717, 1.165) is 23.4 Å². The summed E-state index contributed by atoms with van der Waals surface area (Å²) >= 11 is 0. The van der Waals surface area contributed by atoms with Crippen LogP contribution in [0, 0.1) is 13.8 Å². The van der Waals surface area contributed by atoms with Crippen molar-refractivity contribution in [1.82, 2.24) is 4.98 Å². The summed E-state index contributed by atoms with van der Waals surface area (Å²) in [6.07, 6.45) is 0.911. The quantitative estimate of drug-likeness (QED) is 0.523. The fraction of sp³-hybridized carbons (Fsp3) is 0.190. The molecule has 2 aromatic carbocycles. The van der Waals surface area contributed by atoms with Gasteiger partial charge in [0.05, 0.1) is 12.8 Å². The van der Waals surface area contributed by atoms with E-state index >= 15 is 0 Å². The lowest BCUT2D eigenvalue weighted by Gasteiger charge is -2.17. The Morgan fingerprint density at radius 2 is 1.57 bits per heavy atom. The number of pyridine rings is 1. The predicted molar refractivity (Wildman–Crippen MR) is 93.9 cm³/mol. The maximum absolute atomic E-state index is 5.62. The smallest absolute Gasteiger partial charge is 0.126 e. The SMILES string of the molecule is COc1ccccc1-c1c(C)c(C)nc2c1-c1ccccc1C2. The number of methoxy groups -OCH3 is 1. The molecule has 1 heterocycles. The summed E-state index contributed by atoms with van der Waals surface area (Å²) in [5.74, 6) is 0.910. The van der Waals surface area contributed by atoms with Crippen LogP contribution < -0.4 is 4.74 Å². The van der Waals surface area contributed by atoms with Crippen LogP contribution in [0.4, 0.5) is 0 Å². The zero-order valence-corrected chi connectivity index (χ0v) is 13.7. The standard InChI is InChI=1S/C21H19NO/c1-13-14(2)22-18-12-15-8-4-5-9-16(15)21(18)20(13)17-10-6-7-11-19(17)23-3/h4-11H,12H2,1-3H3. The number of rotatable bonds is 2. The first kappa shape index (κ1) is 14.0. The van der Waals surface area contributed by atoms with Gasteiger partial charge in [0, 0.05) is 23.2 Å². The highest BCUT2D eigenvalue weighted by Crippen LogP contribution is 2.46. The molecule has 1 aromatic heterocycles. The van der Waals surface area contributed by atoms with Crippen LogP contribution in [0.15, 0.2) is 48.5 Å². The average molecular weight is 301 g/mol. The fourth-order valence-corrected chi connectivity index (χ4v) is 3.56. The molecule has 23 heavy (non-hydrogen) atoms. The minimum absolute atomic E-state index is 0.910. The van der Waals surface area contributed by atoms with Gasteiger partial charge in [0.2, 0.25) is 0 Å². The van der Waals surface area contributed by atoms with Crippen LogP contribution in [0.3, 0.4) is 0 Å². The Morgan fingerprint density at radius 3 is 2.35 bits per heavy atom. The van der Waals surface area contributed by atoms with Gasteiger partial charge in [0.1, 0.15) is 5.75 Å². The minimum Gasteiger partial charge on any atom is -0.496 e. The second kappa shape index (κ2) is 5.24. The van der Waals surface area contributed by atoms with Crippen molar-refractivity contribution in [2.75, 3.05) is 7.11 Å². The molecule has 0 bridgehead atoms. The molecule has 4 rings (SSSR count). The maximum Gasteiger partial charge on any atom is 0.126 e. The second-order valence-electron chi connectivity index (χ2n) is 6.05. The third-order valence-corrected chi connectivity index (χ3v) is 4.78. The molecule has 2 heteroatoms. The molecular weight excluding hydrogens is 282 g/mol. The van der Waals surface area contributed by atoms with Gasteiger partial charge in [0.25, 0.3) is 0 Å². The first-order valence-electron chi connectivity index (χ1n) is 7.92. The van der Waals surface area contributed by atoms with E-state index in [-0.39, 0.29) is 0 Å². The molecule has 0 radical (unpaired) electrons. The molecule has 0 atom stereocenters. The van der Waals surface area contributed by atoms with E-state index in [2.05, 4.69) is 50.2 Å².